The Kier molecular flexibility index (Phi) is 8.45. The summed E-state index contributed by atoms with van der Waals surface area (Å²) in [4.78, 5) is 10.6. The summed E-state index contributed by atoms with van der Waals surface area (Å²) in [5, 5.41) is 18.7. The quantitative estimate of drug-likeness (QED) is 0.501. The fourth-order valence-electron chi connectivity index (χ4n) is 2.81. The molecule has 0 unspecified atom stereocenters. The van der Waals surface area contributed by atoms with Crippen molar-refractivity contribution in [2.24, 2.45) is 5.14 Å². The first-order chi connectivity index (χ1) is 14.9. The lowest BCUT2D eigenvalue weighted by Crippen LogP contribution is -2.33. The highest BCUT2D eigenvalue weighted by molar-refractivity contribution is 7.89. The standard InChI is InChI=1S/C12H11ClN2O5S.C10H16N/c13-9-5-10(15-6-7-2-1-3-20-7)8(12(16)17)4-11(9)21(14,18)19;1-11(2,3)9-10-7-5-4-6-8-10/h1-5,15H,6H2,(H,16,17)(H2,14,18,19);4-8H,9H2,1-3H3/q;+1/p-1. The predicted molar refractivity (Wildman–Crippen MR) is 121 cm³/mol. The van der Waals surface area contributed by atoms with E-state index >= 15 is 0 Å². The van der Waals surface area contributed by atoms with E-state index in [1.807, 2.05) is 0 Å². The zero-order valence-electron chi connectivity index (χ0n) is 18.0. The number of benzene rings is 2. The van der Waals surface area contributed by atoms with E-state index in [0.29, 0.717) is 5.76 Å². The number of sulfonamides is 1. The maximum absolute atomic E-state index is 11.3. The summed E-state index contributed by atoms with van der Waals surface area (Å²) < 4.78 is 28.7. The molecule has 3 rings (SSSR count). The Balaban J connectivity index is 0.000000278. The van der Waals surface area contributed by atoms with E-state index in [9.17, 15) is 18.3 Å². The van der Waals surface area contributed by atoms with Crippen LogP contribution in [0.25, 0.3) is 0 Å². The second-order valence-electron chi connectivity index (χ2n) is 8.03. The molecule has 0 saturated heterocycles. The molecule has 1 heterocycles. The fourth-order valence-corrected chi connectivity index (χ4v) is 3.91. The average Bonchev–Trinajstić information content (AvgIpc) is 3.18. The number of anilines is 1. The van der Waals surface area contributed by atoms with E-state index in [-0.39, 0.29) is 22.8 Å². The van der Waals surface area contributed by atoms with E-state index in [1.54, 1.807) is 12.1 Å². The summed E-state index contributed by atoms with van der Waals surface area (Å²) in [5.74, 6) is -0.996. The molecule has 0 bridgehead atoms. The summed E-state index contributed by atoms with van der Waals surface area (Å²) >= 11 is 5.82. The number of carbonyl (C=O) groups excluding carboxylic acids is 1. The van der Waals surface area contributed by atoms with E-state index < -0.39 is 20.9 Å². The number of hydrogen-bond donors (Lipinski definition) is 2. The van der Waals surface area contributed by atoms with Crippen LogP contribution in [0.5, 0.6) is 0 Å². The van der Waals surface area contributed by atoms with Gasteiger partial charge in [-0.25, -0.2) is 13.6 Å². The van der Waals surface area contributed by atoms with Crippen LogP contribution in [0.4, 0.5) is 5.69 Å². The number of nitrogens with two attached hydrogens (primary N) is 1. The Labute approximate surface area is 192 Å². The van der Waals surface area contributed by atoms with Crippen LogP contribution in [-0.4, -0.2) is 40.0 Å². The number of furan rings is 1. The summed E-state index contributed by atoms with van der Waals surface area (Å²) in [6.45, 7) is 1.29. The highest BCUT2D eigenvalue weighted by atomic mass is 35.5. The van der Waals surface area contributed by atoms with Gasteiger partial charge in [-0.1, -0.05) is 41.9 Å². The van der Waals surface area contributed by atoms with Gasteiger partial charge < -0.3 is 24.1 Å². The lowest BCUT2D eigenvalue weighted by Gasteiger charge is -2.23. The van der Waals surface area contributed by atoms with Crippen molar-refractivity contribution in [3.63, 3.8) is 0 Å². The SMILES string of the molecule is C[N+](C)(C)Cc1ccccc1.NS(=O)(=O)c1cc(C(=O)[O-])c(NCc2ccco2)cc1Cl. The molecule has 3 aromatic rings. The zero-order chi connectivity index (χ0) is 23.9. The van der Waals surface area contributed by atoms with Gasteiger partial charge in [0, 0.05) is 16.8 Å². The molecular formula is C22H26ClN3O5S. The highest BCUT2D eigenvalue weighted by Crippen LogP contribution is 2.28. The number of aromatic carboxylic acids is 1. The molecule has 3 N–H and O–H groups in total. The molecule has 0 atom stereocenters. The van der Waals surface area contributed by atoms with E-state index in [2.05, 4.69) is 56.8 Å². The predicted octanol–water partition coefficient (Wildman–Crippen LogP) is 2.45. The van der Waals surface area contributed by atoms with E-state index in [1.165, 1.54) is 11.8 Å². The third kappa shape index (κ3) is 8.01. The van der Waals surface area contributed by atoms with Crippen LogP contribution in [0.1, 0.15) is 21.7 Å². The van der Waals surface area contributed by atoms with Crippen LogP contribution in [0.2, 0.25) is 5.02 Å². The number of carboxylic acid groups (broad SMARTS) is 1. The number of carboxylic acids is 1. The molecule has 8 nitrogen and oxygen atoms in total. The number of halogens is 1. The minimum absolute atomic E-state index is 0.101. The second kappa shape index (κ2) is 10.6. The first kappa shape index (κ1) is 25.4. The van der Waals surface area contributed by atoms with Gasteiger partial charge in [0.2, 0.25) is 10.0 Å². The van der Waals surface area contributed by atoms with Crippen molar-refractivity contribution in [2.45, 2.75) is 18.0 Å². The largest absolute Gasteiger partial charge is 0.545 e. The van der Waals surface area contributed by atoms with E-state index in [0.717, 1.165) is 23.2 Å². The fraction of sp³-hybridized carbons (Fsp3) is 0.227. The Morgan fingerprint density at radius 3 is 2.28 bits per heavy atom. The monoisotopic (exact) mass is 479 g/mol. The normalized spacial score (nSPS) is 11.4. The molecule has 0 aliphatic rings. The van der Waals surface area contributed by atoms with Crippen LogP contribution in [0, 0.1) is 0 Å². The summed E-state index contributed by atoms with van der Waals surface area (Å²) in [5.41, 5.74) is 1.14. The molecule has 2 aromatic carbocycles. The molecule has 0 aliphatic carbocycles. The Hall–Kier alpha value is -2.85. The number of primary sulfonamides is 1. The molecule has 32 heavy (non-hydrogen) atoms. The molecule has 0 saturated carbocycles. The average molecular weight is 480 g/mol. The van der Waals surface area contributed by atoms with Crippen molar-refractivity contribution in [3.05, 3.63) is 82.8 Å². The van der Waals surface area contributed by atoms with E-state index in [4.69, 9.17) is 21.2 Å². The molecule has 0 aliphatic heterocycles. The van der Waals surface area contributed by atoms with Gasteiger partial charge in [-0.05, 0) is 24.3 Å². The molecule has 0 amide bonds. The molecule has 0 fully saturated rings. The smallest absolute Gasteiger partial charge is 0.239 e. The molecule has 1 aromatic heterocycles. The Morgan fingerprint density at radius 1 is 1.12 bits per heavy atom. The van der Waals surface area contributed by atoms with Crippen molar-refractivity contribution in [3.8, 4) is 0 Å². The first-order valence-corrected chi connectivity index (χ1v) is 11.5. The van der Waals surface area contributed by atoms with Gasteiger partial charge in [0.1, 0.15) is 17.2 Å². The summed E-state index contributed by atoms with van der Waals surface area (Å²) in [6, 6.07) is 16.0. The van der Waals surface area contributed by atoms with Gasteiger partial charge in [-0.15, -0.1) is 0 Å². The molecule has 0 radical (unpaired) electrons. The second-order valence-corrected chi connectivity index (χ2v) is 9.96. The lowest BCUT2D eigenvalue weighted by atomic mass is 10.1. The van der Waals surface area contributed by atoms with Crippen molar-refractivity contribution >= 4 is 33.3 Å². The topological polar surface area (TPSA) is 125 Å². The Morgan fingerprint density at radius 2 is 1.78 bits per heavy atom. The minimum Gasteiger partial charge on any atom is -0.545 e. The van der Waals surface area contributed by atoms with Crippen LogP contribution in [0.15, 0.2) is 70.2 Å². The first-order valence-electron chi connectivity index (χ1n) is 9.55. The van der Waals surface area contributed by atoms with Crippen LogP contribution >= 0.6 is 11.6 Å². The minimum atomic E-state index is -4.13. The summed E-state index contributed by atoms with van der Waals surface area (Å²) in [7, 11) is 2.47. The molecule has 172 valence electrons. The maximum atomic E-state index is 11.3. The maximum Gasteiger partial charge on any atom is 0.239 e. The Bertz CT molecular complexity index is 1140. The third-order valence-corrected chi connectivity index (χ3v) is 5.51. The number of rotatable bonds is 7. The highest BCUT2D eigenvalue weighted by Gasteiger charge is 2.17. The van der Waals surface area contributed by atoms with Crippen molar-refractivity contribution in [2.75, 3.05) is 26.5 Å². The number of nitrogens with one attached hydrogen (secondary N) is 1. The molecule has 10 heteroatoms. The van der Waals surface area contributed by atoms with Gasteiger partial charge in [-0.3, -0.25) is 0 Å². The van der Waals surface area contributed by atoms with Crippen LogP contribution < -0.4 is 15.6 Å². The van der Waals surface area contributed by atoms with Gasteiger partial charge >= 0.3 is 0 Å². The number of hydrogen-bond acceptors (Lipinski definition) is 6. The lowest BCUT2D eigenvalue weighted by molar-refractivity contribution is -0.884. The molecule has 0 spiro atoms. The van der Waals surface area contributed by atoms with Crippen LogP contribution in [-0.2, 0) is 23.1 Å². The van der Waals surface area contributed by atoms with Crippen molar-refractivity contribution in [1.82, 2.24) is 0 Å². The van der Waals surface area contributed by atoms with Crippen LogP contribution in [0.3, 0.4) is 0 Å². The van der Waals surface area contributed by atoms with Gasteiger partial charge in [0.25, 0.3) is 0 Å². The van der Waals surface area contributed by atoms with Gasteiger partial charge in [0.05, 0.1) is 44.9 Å². The zero-order valence-corrected chi connectivity index (χ0v) is 19.6. The molecular weight excluding hydrogens is 454 g/mol. The van der Waals surface area contributed by atoms with Crippen molar-refractivity contribution in [1.29, 1.82) is 0 Å². The third-order valence-electron chi connectivity index (χ3n) is 4.13. The number of carbonyl (C=O) groups is 1. The number of quaternary nitrogens is 1. The number of nitrogens with zero attached hydrogens (tertiary/aromatic N) is 1. The van der Waals surface area contributed by atoms with Gasteiger partial charge in [-0.2, -0.15) is 0 Å². The van der Waals surface area contributed by atoms with Gasteiger partial charge in [0.15, 0.2) is 0 Å². The summed E-state index contributed by atoms with van der Waals surface area (Å²) in [6.07, 6.45) is 1.47. The van der Waals surface area contributed by atoms with Crippen molar-refractivity contribution < 1.29 is 27.2 Å².